The van der Waals surface area contributed by atoms with Crippen molar-refractivity contribution >= 4 is 39.6 Å². The highest BCUT2D eigenvalue weighted by Crippen LogP contribution is 2.32. The Balaban J connectivity index is 1.54. The zero-order valence-electron chi connectivity index (χ0n) is 19.2. The Morgan fingerprint density at radius 3 is 2.70 bits per heavy atom. The fraction of sp³-hybridized carbons (Fsp3) is 0.333. The number of aromatic nitrogens is 1. The number of piperidine rings is 1. The van der Waals surface area contributed by atoms with Crippen LogP contribution in [0, 0.1) is 11.8 Å². The summed E-state index contributed by atoms with van der Waals surface area (Å²) in [5, 5.41) is 19.3. The molecule has 1 saturated heterocycles. The normalized spacial score (nSPS) is 20.7. The van der Waals surface area contributed by atoms with Crippen molar-refractivity contribution in [2.75, 3.05) is 23.7 Å². The number of anilines is 2. The van der Waals surface area contributed by atoms with E-state index in [2.05, 4.69) is 47.0 Å². The number of benzene rings is 2. The molecular weight excluding hydrogens is 428 g/mol. The number of thiocarbonyl (C=S) groups is 1. The molecule has 5 nitrogen and oxygen atoms in total. The van der Waals surface area contributed by atoms with Crippen LogP contribution in [-0.2, 0) is 0 Å². The minimum atomic E-state index is -0.626. The number of nitrogens with zero attached hydrogens (tertiary/aromatic N) is 2. The van der Waals surface area contributed by atoms with Gasteiger partial charge in [0, 0.05) is 35.5 Å². The zero-order valence-corrected chi connectivity index (χ0v) is 20.1. The summed E-state index contributed by atoms with van der Waals surface area (Å²) in [4.78, 5) is 6.88. The summed E-state index contributed by atoms with van der Waals surface area (Å²) >= 11 is 5.48. The molecule has 172 valence electrons. The first-order chi connectivity index (χ1) is 16.0. The number of nitrogens with one attached hydrogen (secondary N) is 2. The molecule has 1 aromatic heterocycles. The van der Waals surface area contributed by atoms with Gasteiger partial charge in [0.2, 0.25) is 0 Å². The average molecular weight is 461 g/mol. The van der Waals surface area contributed by atoms with Crippen molar-refractivity contribution in [3.8, 4) is 0 Å². The van der Waals surface area contributed by atoms with Crippen molar-refractivity contribution in [1.82, 2.24) is 9.88 Å². The van der Waals surface area contributed by atoms with Crippen molar-refractivity contribution < 1.29 is 5.11 Å². The largest absolute Gasteiger partial charge is 0.387 e. The van der Waals surface area contributed by atoms with Crippen LogP contribution in [-0.4, -0.2) is 39.2 Å². The van der Waals surface area contributed by atoms with E-state index in [-0.39, 0.29) is 6.04 Å². The van der Waals surface area contributed by atoms with Gasteiger partial charge in [0.1, 0.15) is 0 Å². The Morgan fingerprint density at radius 2 is 1.94 bits per heavy atom. The summed E-state index contributed by atoms with van der Waals surface area (Å²) in [6.45, 7) is 10.3. The molecule has 1 aliphatic rings. The first-order valence-electron chi connectivity index (χ1n) is 11.5. The Bertz CT molecular complexity index is 1120. The van der Waals surface area contributed by atoms with Gasteiger partial charge in [-0.3, -0.25) is 9.88 Å². The van der Waals surface area contributed by atoms with Gasteiger partial charge in [0.15, 0.2) is 5.11 Å². The maximum Gasteiger partial charge on any atom is 0.175 e. The summed E-state index contributed by atoms with van der Waals surface area (Å²) in [6.07, 6.45) is 4.32. The van der Waals surface area contributed by atoms with Crippen LogP contribution in [0.25, 0.3) is 10.9 Å². The standard InChI is InChI=1S/C27H32N4OS/c1-4-20-17-31(15-13-18(20)2)19(3)26(32)23-12-14-28-25-11-10-22(16-24(23)25)30-27(33)29-21-8-6-5-7-9-21/h4-12,14,16,18-20,26,32H,1,13,15,17H2,2-3H3,(H2,29,30,33). The number of para-hydroxylation sites is 1. The number of pyridine rings is 1. The van der Waals surface area contributed by atoms with E-state index < -0.39 is 6.10 Å². The Labute approximate surface area is 201 Å². The van der Waals surface area contributed by atoms with Gasteiger partial charge < -0.3 is 15.7 Å². The van der Waals surface area contributed by atoms with Crippen molar-refractivity contribution in [2.45, 2.75) is 32.4 Å². The summed E-state index contributed by atoms with van der Waals surface area (Å²) in [5.74, 6) is 1.09. The van der Waals surface area contributed by atoms with Gasteiger partial charge in [-0.2, -0.15) is 0 Å². The molecule has 4 rings (SSSR count). The molecule has 3 aromatic rings. The molecule has 1 aliphatic heterocycles. The van der Waals surface area contributed by atoms with Crippen molar-refractivity contribution in [3.05, 3.63) is 79.0 Å². The predicted octanol–water partition coefficient (Wildman–Crippen LogP) is 5.61. The second kappa shape index (κ2) is 10.4. The lowest BCUT2D eigenvalue weighted by Gasteiger charge is -2.40. The molecule has 0 bridgehead atoms. The molecule has 0 saturated carbocycles. The Morgan fingerprint density at radius 1 is 1.18 bits per heavy atom. The summed E-state index contributed by atoms with van der Waals surface area (Å²) < 4.78 is 0. The SMILES string of the molecule is C=CC1CN(C(C)C(O)c2ccnc3ccc(NC(=S)Nc4ccccc4)cc23)CCC1C. The van der Waals surface area contributed by atoms with Crippen molar-refractivity contribution in [2.24, 2.45) is 11.8 Å². The Kier molecular flexibility index (Phi) is 7.38. The molecule has 2 aromatic carbocycles. The first-order valence-corrected chi connectivity index (χ1v) is 11.9. The molecule has 33 heavy (non-hydrogen) atoms. The molecule has 0 amide bonds. The third-order valence-corrected chi connectivity index (χ3v) is 6.97. The zero-order chi connectivity index (χ0) is 23.4. The number of hydrogen-bond acceptors (Lipinski definition) is 4. The van der Waals surface area contributed by atoms with Gasteiger partial charge in [-0.25, -0.2) is 0 Å². The number of likely N-dealkylation sites (tertiary alicyclic amines) is 1. The lowest BCUT2D eigenvalue weighted by molar-refractivity contribution is 0.0277. The number of aliphatic hydroxyl groups is 1. The maximum atomic E-state index is 11.4. The van der Waals surface area contributed by atoms with Crippen LogP contribution in [0.2, 0.25) is 0 Å². The van der Waals surface area contributed by atoms with Crippen molar-refractivity contribution in [3.63, 3.8) is 0 Å². The second-order valence-electron chi connectivity index (χ2n) is 8.92. The lowest BCUT2D eigenvalue weighted by atomic mass is 9.85. The van der Waals surface area contributed by atoms with E-state index in [4.69, 9.17) is 12.2 Å². The molecular formula is C27H32N4OS. The number of fused-ring (bicyclic) bond motifs is 1. The predicted molar refractivity (Wildman–Crippen MR) is 141 cm³/mol. The lowest BCUT2D eigenvalue weighted by Crippen LogP contribution is -2.46. The molecule has 4 unspecified atom stereocenters. The van der Waals surface area contributed by atoms with Gasteiger partial charge in [-0.1, -0.05) is 31.2 Å². The molecule has 2 heterocycles. The van der Waals surface area contributed by atoms with Crippen molar-refractivity contribution in [1.29, 1.82) is 0 Å². The molecule has 0 spiro atoms. The number of aliphatic hydroxyl groups excluding tert-OH is 1. The minimum absolute atomic E-state index is 0.0111. The third-order valence-electron chi connectivity index (χ3n) is 6.77. The molecule has 0 aliphatic carbocycles. The van der Waals surface area contributed by atoms with Crippen LogP contribution in [0.5, 0.6) is 0 Å². The Hall–Kier alpha value is -2.80. The van der Waals surface area contributed by atoms with E-state index in [0.717, 1.165) is 47.4 Å². The van der Waals surface area contributed by atoms with E-state index in [1.54, 1.807) is 6.20 Å². The fourth-order valence-corrected chi connectivity index (χ4v) is 4.82. The number of rotatable bonds is 6. The molecule has 0 radical (unpaired) electrons. The van der Waals surface area contributed by atoms with E-state index in [0.29, 0.717) is 16.9 Å². The highest BCUT2D eigenvalue weighted by Gasteiger charge is 2.31. The van der Waals surface area contributed by atoms with Gasteiger partial charge in [0.05, 0.1) is 11.6 Å². The molecule has 4 atom stereocenters. The first kappa shape index (κ1) is 23.4. The van der Waals surface area contributed by atoms with Crippen LogP contribution < -0.4 is 10.6 Å². The highest BCUT2D eigenvalue weighted by molar-refractivity contribution is 7.80. The second-order valence-corrected chi connectivity index (χ2v) is 9.33. The highest BCUT2D eigenvalue weighted by atomic mass is 32.1. The fourth-order valence-electron chi connectivity index (χ4n) is 4.58. The summed E-state index contributed by atoms with van der Waals surface area (Å²) in [7, 11) is 0. The molecule has 6 heteroatoms. The third kappa shape index (κ3) is 5.41. The smallest absolute Gasteiger partial charge is 0.175 e. The van der Waals surface area contributed by atoms with E-state index in [1.165, 1.54) is 0 Å². The number of hydrogen-bond donors (Lipinski definition) is 3. The monoisotopic (exact) mass is 460 g/mol. The quantitative estimate of drug-likeness (QED) is 0.328. The van der Waals surface area contributed by atoms with Crippen LogP contribution >= 0.6 is 12.2 Å². The van der Waals surface area contributed by atoms with E-state index in [1.807, 2.05) is 54.6 Å². The van der Waals surface area contributed by atoms with Crippen LogP contribution in [0.3, 0.4) is 0 Å². The topological polar surface area (TPSA) is 60.4 Å². The van der Waals surface area contributed by atoms with Crippen LogP contribution in [0.15, 0.2) is 73.4 Å². The van der Waals surface area contributed by atoms with E-state index in [9.17, 15) is 5.11 Å². The molecule has 3 N–H and O–H groups in total. The average Bonchev–Trinajstić information content (AvgIpc) is 2.83. The van der Waals surface area contributed by atoms with Gasteiger partial charge in [0.25, 0.3) is 0 Å². The van der Waals surface area contributed by atoms with Gasteiger partial charge in [-0.05, 0) is 85.9 Å². The van der Waals surface area contributed by atoms with E-state index >= 15 is 0 Å². The minimum Gasteiger partial charge on any atom is -0.387 e. The summed E-state index contributed by atoms with van der Waals surface area (Å²) in [5.41, 5.74) is 3.51. The summed E-state index contributed by atoms with van der Waals surface area (Å²) in [6, 6.07) is 17.6. The van der Waals surface area contributed by atoms with Gasteiger partial charge >= 0.3 is 0 Å². The van der Waals surface area contributed by atoms with Crippen LogP contribution in [0.1, 0.15) is 31.9 Å². The van der Waals surface area contributed by atoms with Crippen LogP contribution in [0.4, 0.5) is 11.4 Å². The van der Waals surface area contributed by atoms with Gasteiger partial charge in [-0.15, -0.1) is 6.58 Å². The maximum absolute atomic E-state index is 11.4. The molecule has 1 fully saturated rings.